The van der Waals surface area contributed by atoms with Crippen molar-refractivity contribution in [2.24, 2.45) is 0 Å². The molecule has 2 atom stereocenters. The van der Waals surface area contributed by atoms with Crippen molar-refractivity contribution in [2.75, 3.05) is 0 Å². The first kappa shape index (κ1) is 14.9. The second-order valence-corrected chi connectivity index (χ2v) is 6.54. The minimum absolute atomic E-state index is 0.0409. The van der Waals surface area contributed by atoms with Crippen molar-refractivity contribution in [3.63, 3.8) is 0 Å². The van der Waals surface area contributed by atoms with Gasteiger partial charge in [0.1, 0.15) is 0 Å². The Hall–Kier alpha value is -1.51. The topological polar surface area (TPSA) is 110 Å². The van der Waals surface area contributed by atoms with E-state index in [4.69, 9.17) is 0 Å². The lowest BCUT2D eigenvalue weighted by atomic mass is 9.93. The monoisotopic (exact) mass is 300 g/mol. The molecule has 1 aromatic rings. The number of sulfonamides is 1. The molecule has 0 radical (unpaired) electrons. The highest BCUT2D eigenvalue weighted by atomic mass is 32.2. The summed E-state index contributed by atoms with van der Waals surface area (Å²) >= 11 is 0. The van der Waals surface area contributed by atoms with Gasteiger partial charge in [-0.1, -0.05) is 12.8 Å². The number of benzene rings is 1. The molecule has 2 N–H and O–H groups in total. The van der Waals surface area contributed by atoms with E-state index in [9.17, 15) is 23.6 Å². The summed E-state index contributed by atoms with van der Waals surface area (Å²) < 4.78 is 26.7. The molecule has 1 fully saturated rings. The zero-order chi connectivity index (χ0) is 14.8. The standard InChI is InChI=1S/C12H16N2O5S/c15-12-4-2-1-3-11(12)13-20(18,19)10-7-5-9(6-8-10)14(16)17/h5-8,11-13,15H,1-4H2/t11-,12-/m1/s1. The predicted molar refractivity (Wildman–Crippen MR) is 71.7 cm³/mol. The van der Waals surface area contributed by atoms with Gasteiger partial charge in [-0.05, 0) is 25.0 Å². The molecule has 0 aliphatic heterocycles. The summed E-state index contributed by atoms with van der Waals surface area (Å²) in [7, 11) is -3.77. The minimum Gasteiger partial charge on any atom is -0.391 e. The molecule has 8 heteroatoms. The lowest BCUT2D eigenvalue weighted by Crippen LogP contribution is -2.44. The lowest BCUT2D eigenvalue weighted by molar-refractivity contribution is -0.384. The number of aliphatic hydroxyl groups is 1. The minimum atomic E-state index is -3.77. The highest BCUT2D eigenvalue weighted by Crippen LogP contribution is 2.21. The molecule has 2 rings (SSSR count). The molecule has 0 unspecified atom stereocenters. The third-order valence-electron chi connectivity index (χ3n) is 3.39. The largest absolute Gasteiger partial charge is 0.391 e. The van der Waals surface area contributed by atoms with Crippen LogP contribution in [0.3, 0.4) is 0 Å². The Kier molecular flexibility index (Phi) is 4.36. The summed E-state index contributed by atoms with van der Waals surface area (Å²) in [6.45, 7) is 0. The van der Waals surface area contributed by atoms with Crippen LogP contribution >= 0.6 is 0 Å². The average Bonchev–Trinajstić information content (AvgIpc) is 2.41. The number of non-ortho nitro benzene ring substituents is 1. The number of hydrogen-bond acceptors (Lipinski definition) is 5. The van der Waals surface area contributed by atoms with E-state index in [0.29, 0.717) is 12.8 Å². The van der Waals surface area contributed by atoms with Crippen molar-refractivity contribution in [3.8, 4) is 0 Å². The molecule has 0 aromatic heterocycles. The molecular weight excluding hydrogens is 284 g/mol. The smallest absolute Gasteiger partial charge is 0.269 e. The van der Waals surface area contributed by atoms with Crippen LogP contribution in [-0.4, -0.2) is 30.6 Å². The van der Waals surface area contributed by atoms with Crippen LogP contribution < -0.4 is 4.72 Å². The first-order valence-electron chi connectivity index (χ1n) is 6.35. The number of nitro benzene ring substituents is 1. The van der Waals surface area contributed by atoms with E-state index < -0.39 is 27.1 Å². The number of nitrogens with zero attached hydrogens (tertiary/aromatic N) is 1. The summed E-state index contributed by atoms with van der Waals surface area (Å²) in [6.07, 6.45) is 2.24. The normalized spacial score (nSPS) is 23.4. The van der Waals surface area contributed by atoms with Gasteiger partial charge in [-0.3, -0.25) is 10.1 Å². The molecule has 0 bridgehead atoms. The zero-order valence-electron chi connectivity index (χ0n) is 10.7. The van der Waals surface area contributed by atoms with Gasteiger partial charge in [0.15, 0.2) is 0 Å². The fourth-order valence-electron chi connectivity index (χ4n) is 2.26. The number of nitrogens with one attached hydrogen (secondary N) is 1. The molecule has 7 nitrogen and oxygen atoms in total. The number of aliphatic hydroxyl groups excluding tert-OH is 1. The SMILES string of the molecule is O=[N+]([O-])c1ccc(S(=O)(=O)N[C@@H]2CCCC[C@H]2O)cc1. The van der Waals surface area contributed by atoms with Crippen molar-refractivity contribution < 1.29 is 18.4 Å². The van der Waals surface area contributed by atoms with Crippen molar-refractivity contribution in [3.05, 3.63) is 34.4 Å². The van der Waals surface area contributed by atoms with Gasteiger partial charge in [-0.25, -0.2) is 13.1 Å². The lowest BCUT2D eigenvalue weighted by Gasteiger charge is -2.28. The van der Waals surface area contributed by atoms with Crippen molar-refractivity contribution in [2.45, 2.75) is 42.7 Å². The zero-order valence-corrected chi connectivity index (χ0v) is 11.5. The van der Waals surface area contributed by atoms with Gasteiger partial charge >= 0.3 is 0 Å². The molecule has 20 heavy (non-hydrogen) atoms. The van der Waals surface area contributed by atoms with E-state index in [1.165, 1.54) is 12.1 Å². The summed E-state index contributed by atoms with van der Waals surface area (Å²) in [6, 6.07) is 4.17. The Balaban J connectivity index is 2.15. The maximum absolute atomic E-state index is 12.1. The predicted octanol–water partition coefficient (Wildman–Crippen LogP) is 1.18. The van der Waals surface area contributed by atoms with E-state index >= 15 is 0 Å². The average molecular weight is 300 g/mol. The van der Waals surface area contributed by atoms with Gasteiger partial charge in [0.05, 0.1) is 15.9 Å². The van der Waals surface area contributed by atoms with Crippen molar-refractivity contribution in [1.29, 1.82) is 0 Å². The molecule has 0 amide bonds. The molecule has 0 saturated heterocycles. The summed E-state index contributed by atoms with van der Waals surface area (Å²) in [5, 5.41) is 20.3. The number of nitro groups is 1. The molecular formula is C12H16N2O5S. The molecule has 1 saturated carbocycles. The molecule has 1 aromatic carbocycles. The Morgan fingerprint density at radius 1 is 1.20 bits per heavy atom. The second-order valence-electron chi connectivity index (χ2n) is 4.83. The first-order valence-corrected chi connectivity index (χ1v) is 7.83. The Morgan fingerprint density at radius 3 is 2.35 bits per heavy atom. The van der Waals surface area contributed by atoms with Crippen LogP contribution in [-0.2, 0) is 10.0 Å². The van der Waals surface area contributed by atoms with Gasteiger partial charge in [-0.15, -0.1) is 0 Å². The maximum atomic E-state index is 12.1. The third kappa shape index (κ3) is 3.33. The van der Waals surface area contributed by atoms with Gasteiger partial charge in [0.25, 0.3) is 5.69 Å². The van der Waals surface area contributed by atoms with Crippen LogP contribution in [0.15, 0.2) is 29.2 Å². The van der Waals surface area contributed by atoms with E-state index in [2.05, 4.69) is 4.72 Å². The van der Waals surface area contributed by atoms with E-state index in [0.717, 1.165) is 25.0 Å². The Morgan fingerprint density at radius 2 is 1.80 bits per heavy atom. The summed E-state index contributed by atoms with van der Waals surface area (Å²) in [5.41, 5.74) is -0.165. The molecule has 0 heterocycles. The van der Waals surface area contributed by atoms with Gasteiger partial charge in [0, 0.05) is 18.2 Å². The van der Waals surface area contributed by atoms with E-state index in [1.54, 1.807) is 0 Å². The second kappa shape index (κ2) is 5.86. The van der Waals surface area contributed by atoms with Crippen LogP contribution in [0.1, 0.15) is 25.7 Å². The number of rotatable bonds is 4. The fraction of sp³-hybridized carbons (Fsp3) is 0.500. The third-order valence-corrected chi connectivity index (χ3v) is 4.90. The highest BCUT2D eigenvalue weighted by Gasteiger charge is 2.28. The molecule has 0 spiro atoms. The first-order chi connectivity index (χ1) is 9.40. The maximum Gasteiger partial charge on any atom is 0.269 e. The van der Waals surface area contributed by atoms with Crippen LogP contribution in [0.5, 0.6) is 0 Å². The van der Waals surface area contributed by atoms with Crippen LogP contribution in [0, 0.1) is 10.1 Å². The van der Waals surface area contributed by atoms with Gasteiger partial charge < -0.3 is 5.11 Å². The van der Waals surface area contributed by atoms with Gasteiger partial charge in [-0.2, -0.15) is 0 Å². The Bertz CT molecular complexity index is 584. The Labute approximate surface area is 116 Å². The van der Waals surface area contributed by atoms with Gasteiger partial charge in [0.2, 0.25) is 10.0 Å². The summed E-state index contributed by atoms with van der Waals surface area (Å²) in [4.78, 5) is 9.90. The van der Waals surface area contributed by atoms with E-state index in [1.807, 2.05) is 0 Å². The fourth-order valence-corrected chi connectivity index (χ4v) is 3.57. The quantitative estimate of drug-likeness (QED) is 0.641. The van der Waals surface area contributed by atoms with Crippen molar-refractivity contribution >= 4 is 15.7 Å². The van der Waals surface area contributed by atoms with Crippen molar-refractivity contribution in [1.82, 2.24) is 4.72 Å². The molecule has 110 valence electrons. The number of hydrogen-bond donors (Lipinski definition) is 2. The van der Waals surface area contributed by atoms with Crippen LogP contribution in [0.25, 0.3) is 0 Å². The van der Waals surface area contributed by atoms with Crippen LogP contribution in [0.4, 0.5) is 5.69 Å². The highest BCUT2D eigenvalue weighted by molar-refractivity contribution is 7.89. The molecule has 1 aliphatic rings. The van der Waals surface area contributed by atoms with Crippen LogP contribution in [0.2, 0.25) is 0 Å². The summed E-state index contributed by atoms with van der Waals surface area (Å²) in [5.74, 6) is 0. The molecule has 1 aliphatic carbocycles. The van der Waals surface area contributed by atoms with E-state index in [-0.39, 0.29) is 10.6 Å².